The van der Waals surface area contributed by atoms with Gasteiger partial charge in [-0.25, -0.2) is 0 Å². The van der Waals surface area contributed by atoms with E-state index in [1.807, 2.05) is 61.5 Å². The van der Waals surface area contributed by atoms with Gasteiger partial charge in [-0.15, -0.1) is 0 Å². The van der Waals surface area contributed by atoms with E-state index < -0.39 is 0 Å². The third kappa shape index (κ3) is 4.60. The monoisotopic (exact) mass is 458 g/mol. The van der Waals surface area contributed by atoms with E-state index in [2.05, 4.69) is 33.2 Å². The number of hydrogen-bond donors (Lipinski definition) is 2. The van der Waals surface area contributed by atoms with Crippen LogP contribution in [0.4, 0.5) is 5.69 Å². The second kappa shape index (κ2) is 8.31. The van der Waals surface area contributed by atoms with Crippen LogP contribution in [0.5, 0.6) is 0 Å². The van der Waals surface area contributed by atoms with E-state index in [4.69, 9.17) is 0 Å². The summed E-state index contributed by atoms with van der Waals surface area (Å²) in [6.07, 6.45) is 0.226. The zero-order valence-electron chi connectivity index (χ0n) is 14.4. The molecule has 0 saturated heterocycles. The zero-order chi connectivity index (χ0) is 18.5. The number of rotatable bonds is 5. The van der Waals surface area contributed by atoms with Crippen LogP contribution in [-0.2, 0) is 4.79 Å². The summed E-state index contributed by atoms with van der Waals surface area (Å²) in [5.74, 6) is -0.295. The number of halogens is 1. The van der Waals surface area contributed by atoms with Gasteiger partial charge in [0, 0.05) is 27.8 Å². The molecule has 5 heteroatoms. The largest absolute Gasteiger partial charge is 0.352 e. The van der Waals surface area contributed by atoms with Gasteiger partial charge in [0.1, 0.15) is 0 Å². The van der Waals surface area contributed by atoms with Crippen LogP contribution in [0.15, 0.2) is 60.7 Å². The Morgan fingerprint density at radius 3 is 2.50 bits per heavy atom. The minimum atomic E-state index is -0.173. The number of hydrogen-bond acceptors (Lipinski definition) is 2. The first kappa shape index (κ1) is 18.4. The van der Waals surface area contributed by atoms with E-state index in [9.17, 15) is 9.59 Å². The molecule has 2 N–H and O–H groups in total. The maximum Gasteiger partial charge on any atom is 0.251 e. The Morgan fingerprint density at radius 1 is 0.962 bits per heavy atom. The lowest BCUT2D eigenvalue weighted by atomic mass is 10.1. The van der Waals surface area contributed by atoms with Crippen molar-refractivity contribution in [2.45, 2.75) is 13.3 Å². The highest BCUT2D eigenvalue weighted by Crippen LogP contribution is 2.17. The van der Waals surface area contributed by atoms with Gasteiger partial charge >= 0.3 is 0 Å². The van der Waals surface area contributed by atoms with Gasteiger partial charge in [-0.3, -0.25) is 9.59 Å². The van der Waals surface area contributed by atoms with Crippen molar-refractivity contribution in [1.29, 1.82) is 0 Å². The predicted octanol–water partition coefficient (Wildman–Crippen LogP) is 4.51. The Morgan fingerprint density at radius 2 is 1.73 bits per heavy atom. The number of anilines is 1. The van der Waals surface area contributed by atoms with Gasteiger partial charge in [0.15, 0.2) is 0 Å². The van der Waals surface area contributed by atoms with Crippen LogP contribution in [0, 0.1) is 10.5 Å². The second-order valence-corrected chi connectivity index (χ2v) is 7.24. The standard InChI is InChI=1S/C21H19IN2O2/c1-14-6-9-18(13-19(14)22)24-20(25)10-11-23-21(26)17-8-7-15-4-2-3-5-16(15)12-17/h2-9,12-13H,10-11H2,1H3,(H,23,26)(H,24,25). The van der Waals surface area contributed by atoms with Crippen LogP contribution in [-0.4, -0.2) is 18.4 Å². The van der Waals surface area contributed by atoms with Gasteiger partial charge in [-0.2, -0.15) is 0 Å². The fourth-order valence-corrected chi connectivity index (χ4v) is 3.13. The van der Waals surface area contributed by atoms with Gasteiger partial charge < -0.3 is 10.6 Å². The number of carbonyl (C=O) groups is 2. The summed E-state index contributed by atoms with van der Waals surface area (Å²) in [4.78, 5) is 24.3. The second-order valence-electron chi connectivity index (χ2n) is 6.08. The summed E-state index contributed by atoms with van der Waals surface area (Å²) in [5.41, 5.74) is 2.54. The van der Waals surface area contributed by atoms with Gasteiger partial charge in [0.25, 0.3) is 5.91 Å². The van der Waals surface area contributed by atoms with Crippen LogP contribution in [0.2, 0.25) is 0 Å². The Balaban J connectivity index is 1.52. The molecule has 26 heavy (non-hydrogen) atoms. The maximum atomic E-state index is 12.3. The van der Waals surface area contributed by atoms with Crippen molar-refractivity contribution in [2.75, 3.05) is 11.9 Å². The molecule has 0 unspecified atom stereocenters. The molecule has 0 aromatic heterocycles. The summed E-state index contributed by atoms with van der Waals surface area (Å²) in [7, 11) is 0. The molecule has 0 bridgehead atoms. The normalized spacial score (nSPS) is 10.5. The summed E-state index contributed by atoms with van der Waals surface area (Å²) in [5, 5.41) is 7.77. The lowest BCUT2D eigenvalue weighted by Gasteiger charge is -2.08. The molecule has 0 aliphatic heterocycles. The molecule has 4 nitrogen and oxygen atoms in total. The molecule has 0 fully saturated rings. The van der Waals surface area contributed by atoms with Crippen LogP contribution < -0.4 is 10.6 Å². The van der Waals surface area contributed by atoms with Gasteiger partial charge in [0.05, 0.1) is 0 Å². The first-order valence-corrected chi connectivity index (χ1v) is 9.44. The maximum absolute atomic E-state index is 12.3. The minimum Gasteiger partial charge on any atom is -0.352 e. The molecule has 0 saturated carbocycles. The molecule has 0 atom stereocenters. The Bertz CT molecular complexity index is 969. The first-order chi connectivity index (χ1) is 12.5. The minimum absolute atomic E-state index is 0.122. The molecule has 132 valence electrons. The molecule has 0 spiro atoms. The summed E-state index contributed by atoms with van der Waals surface area (Å²) in [6.45, 7) is 2.32. The lowest BCUT2D eigenvalue weighted by Crippen LogP contribution is -2.27. The molecule has 0 radical (unpaired) electrons. The smallest absolute Gasteiger partial charge is 0.251 e. The molecular weight excluding hydrogens is 439 g/mol. The fourth-order valence-electron chi connectivity index (χ4n) is 2.62. The third-order valence-electron chi connectivity index (χ3n) is 4.10. The summed E-state index contributed by atoms with van der Waals surface area (Å²) < 4.78 is 1.10. The van der Waals surface area contributed by atoms with E-state index in [0.29, 0.717) is 12.1 Å². The predicted molar refractivity (Wildman–Crippen MR) is 113 cm³/mol. The van der Waals surface area contributed by atoms with Crippen molar-refractivity contribution in [3.8, 4) is 0 Å². The highest BCUT2D eigenvalue weighted by atomic mass is 127. The number of fused-ring (bicyclic) bond motifs is 1. The molecule has 3 aromatic carbocycles. The Labute approximate surface area is 166 Å². The molecule has 2 amide bonds. The number of amides is 2. The average molecular weight is 458 g/mol. The summed E-state index contributed by atoms with van der Waals surface area (Å²) in [6, 6.07) is 19.3. The van der Waals surface area contributed by atoms with E-state index in [1.54, 1.807) is 6.07 Å². The number of aryl methyl sites for hydroxylation is 1. The van der Waals surface area contributed by atoms with E-state index in [1.165, 1.54) is 5.56 Å². The summed E-state index contributed by atoms with van der Waals surface area (Å²) >= 11 is 2.24. The van der Waals surface area contributed by atoms with Crippen LogP contribution in [0.1, 0.15) is 22.3 Å². The van der Waals surface area contributed by atoms with E-state index >= 15 is 0 Å². The third-order valence-corrected chi connectivity index (χ3v) is 5.27. The average Bonchev–Trinajstić information content (AvgIpc) is 2.64. The van der Waals surface area contributed by atoms with Crippen molar-refractivity contribution in [3.05, 3.63) is 75.4 Å². The SMILES string of the molecule is Cc1ccc(NC(=O)CCNC(=O)c2ccc3ccccc3c2)cc1I. The quantitative estimate of drug-likeness (QED) is 0.553. The van der Waals surface area contributed by atoms with Crippen LogP contribution in [0.3, 0.4) is 0 Å². The number of carbonyl (C=O) groups excluding carboxylic acids is 2. The number of benzene rings is 3. The van der Waals surface area contributed by atoms with Gasteiger partial charge in [-0.05, 0) is 70.1 Å². The van der Waals surface area contributed by atoms with Crippen molar-refractivity contribution in [3.63, 3.8) is 0 Å². The molecule has 3 rings (SSSR count). The topological polar surface area (TPSA) is 58.2 Å². The van der Waals surface area contributed by atoms with Crippen molar-refractivity contribution >= 4 is 50.9 Å². The van der Waals surface area contributed by atoms with E-state index in [-0.39, 0.29) is 18.2 Å². The van der Waals surface area contributed by atoms with Crippen LogP contribution >= 0.6 is 22.6 Å². The zero-order valence-corrected chi connectivity index (χ0v) is 16.5. The van der Waals surface area contributed by atoms with Crippen molar-refractivity contribution in [1.82, 2.24) is 5.32 Å². The van der Waals surface area contributed by atoms with Gasteiger partial charge in [0.2, 0.25) is 5.91 Å². The Hall–Kier alpha value is -2.41. The van der Waals surface area contributed by atoms with Crippen LogP contribution in [0.25, 0.3) is 10.8 Å². The number of nitrogens with one attached hydrogen (secondary N) is 2. The lowest BCUT2D eigenvalue weighted by molar-refractivity contribution is -0.116. The molecule has 0 aliphatic rings. The molecule has 0 heterocycles. The Kier molecular flexibility index (Phi) is 5.88. The molecule has 3 aromatic rings. The first-order valence-electron chi connectivity index (χ1n) is 8.36. The van der Waals surface area contributed by atoms with E-state index in [0.717, 1.165) is 20.0 Å². The highest BCUT2D eigenvalue weighted by molar-refractivity contribution is 14.1. The molecular formula is C21H19IN2O2. The van der Waals surface area contributed by atoms with Crippen molar-refractivity contribution < 1.29 is 9.59 Å². The van der Waals surface area contributed by atoms with Crippen molar-refractivity contribution in [2.24, 2.45) is 0 Å². The molecule has 0 aliphatic carbocycles. The highest BCUT2D eigenvalue weighted by Gasteiger charge is 2.08. The van der Waals surface area contributed by atoms with Gasteiger partial charge in [-0.1, -0.05) is 36.4 Å². The fraction of sp³-hybridized carbons (Fsp3) is 0.143.